The van der Waals surface area contributed by atoms with Crippen molar-refractivity contribution in [3.8, 4) is 17.3 Å². The fourth-order valence-corrected chi connectivity index (χ4v) is 3.26. The number of rotatable bonds is 4. The second kappa shape index (κ2) is 6.32. The van der Waals surface area contributed by atoms with Gasteiger partial charge < -0.3 is 9.84 Å². The Morgan fingerprint density at radius 3 is 2.93 bits per heavy atom. The van der Waals surface area contributed by atoms with Crippen LogP contribution in [0, 0.1) is 11.3 Å². The molecule has 136 valence electrons. The molecule has 5 rings (SSSR count). The standard InChI is InChI=1S/C20H14N6O2/c21-7-11-5-15(12-1-2-12)19(22-8-11)20(27)24-14-3-4-17-16(6-14)18(26-25-17)13-9-23-28-10-13/h3-6,8-10,12H,1-2H2,(H,24,27)(H,25,26). The van der Waals surface area contributed by atoms with Crippen LogP contribution in [-0.2, 0) is 0 Å². The Labute approximate surface area is 159 Å². The lowest BCUT2D eigenvalue weighted by Crippen LogP contribution is -2.16. The fourth-order valence-electron chi connectivity index (χ4n) is 3.26. The van der Waals surface area contributed by atoms with Gasteiger partial charge in [-0.2, -0.15) is 10.4 Å². The minimum atomic E-state index is -0.291. The lowest BCUT2D eigenvalue weighted by atomic mass is 10.1. The van der Waals surface area contributed by atoms with Crippen molar-refractivity contribution in [1.29, 1.82) is 5.26 Å². The van der Waals surface area contributed by atoms with E-state index in [0.29, 0.717) is 28.6 Å². The Kier molecular flexibility index (Phi) is 3.66. The first-order valence-electron chi connectivity index (χ1n) is 8.82. The van der Waals surface area contributed by atoms with Crippen molar-refractivity contribution in [3.05, 3.63) is 59.7 Å². The summed E-state index contributed by atoms with van der Waals surface area (Å²) in [5.41, 5.74) is 4.59. The lowest BCUT2D eigenvalue weighted by Gasteiger charge is -2.09. The second-order valence-electron chi connectivity index (χ2n) is 6.75. The third kappa shape index (κ3) is 2.79. The molecule has 1 aliphatic carbocycles. The van der Waals surface area contributed by atoms with Gasteiger partial charge in [-0.25, -0.2) is 4.98 Å². The maximum Gasteiger partial charge on any atom is 0.274 e. The summed E-state index contributed by atoms with van der Waals surface area (Å²) in [6, 6.07) is 9.35. The Hall–Kier alpha value is -3.99. The smallest absolute Gasteiger partial charge is 0.274 e. The van der Waals surface area contributed by atoms with Crippen molar-refractivity contribution in [2.45, 2.75) is 18.8 Å². The van der Waals surface area contributed by atoms with Gasteiger partial charge in [0.15, 0.2) is 0 Å². The molecule has 2 N–H and O–H groups in total. The number of H-pyrrole nitrogens is 1. The summed E-state index contributed by atoms with van der Waals surface area (Å²) in [6.45, 7) is 0. The van der Waals surface area contributed by atoms with E-state index >= 15 is 0 Å². The summed E-state index contributed by atoms with van der Waals surface area (Å²) in [7, 11) is 0. The molecule has 28 heavy (non-hydrogen) atoms. The van der Waals surface area contributed by atoms with E-state index in [-0.39, 0.29) is 5.91 Å². The molecule has 8 heteroatoms. The zero-order valence-corrected chi connectivity index (χ0v) is 14.6. The summed E-state index contributed by atoms with van der Waals surface area (Å²) in [4.78, 5) is 17.1. The van der Waals surface area contributed by atoms with Crippen molar-refractivity contribution in [3.63, 3.8) is 0 Å². The summed E-state index contributed by atoms with van der Waals surface area (Å²) in [5.74, 6) is 0.0128. The summed E-state index contributed by atoms with van der Waals surface area (Å²) < 4.78 is 4.90. The molecular formula is C20H14N6O2. The number of nitrogens with one attached hydrogen (secondary N) is 2. The van der Waals surface area contributed by atoms with Crippen LogP contribution in [0.4, 0.5) is 5.69 Å². The van der Waals surface area contributed by atoms with Crippen molar-refractivity contribution >= 4 is 22.5 Å². The highest BCUT2D eigenvalue weighted by Gasteiger charge is 2.29. The average Bonchev–Trinajstić information content (AvgIpc) is 3.26. The van der Waals surface area contributed by atoms with Crippen LogP contribution in [0.25, 0.3) is 22.2 Å². The Morgan fingerprint density at radius 1 is 1.29 bits per heavy atom. The predicted octanol–water partition coefficient (Wildman–Crippen LogP) is 3.61. The van der Waals surface area contributed by atoms with Gasteiger partial charge in [0, 0.05) is 17.3 Å². The first kappa shape index (κ1) is 16.2. The monoisotopic (exact) mass is 370 g/mol. The molecule has 8 nitrogen and oxygen atoms in total. The molecule has 1 amide bonds. The second-order valence-corrected chi connectivity index (χ2v) is 6.75. The topological polar surface area (TPSA) is 120 Å². The van der Waals surface area contributed by atoms with E-state index in [1.165, 1.54) is 12.5 Å². The van der Waals surface area contributed by atoms with Crippen molar-refractivity contribution in [2.75, 3.05) is 5.32 Å². The SMILES string of the molecule is N#Cc1cnc(C(=O)Nc2ccc3[nH]nc(-c4cnoc4)c3c2)c(C2CC2)c1. The molecule has 3 heterocycles. The number of carbonyl (C=O) groups excluding carboxylic acids is 1. The van der Waals surface area contributed by atoms with Crippen LogP contribution in [0.3, 0.4) is 0 Å². The minimum absolute atomic E-state index is 0.291. The number of aromatic amines is 1. The van der Waals surface area contributed by atoms with Crippen molar-refractivity contribution < 1.29 is 9.32 Å². The minimum Gasteiger partial charge on any atom is -0.364 e. The van der Waals surface area contributed by atoms with Gasteiger partial charge in [0.25, 0.3) is 5.91 Å². The first-order valence-corrected chi connectivity index (χ1v) is 8.82. The first-order chi connectivity index (χ1) is 13.7. The molecule has 4 aromatic rings. The normalized spacial score (nSPS) is 13.4. The van der Waals surface area contributed by atoms with E-state index in [1.54, 1.807) is 18.3 Å². The number of carbonyl (C=O) groups is 1. The largest absolute Gasteiger partial charge is 0.364 e. The highest BCUT2D eigenvalue weighted by atomic mass is 16.5. The van der Waals surface area contributed by atoms with Crippen LogP contribution < -0.4 is 5.32 Å². The van der Waals surface area contributed by atoms with E-state index in [4.69, 9.17) is 9.78 Å². The number of anilines is 1. The molecule has 0 spiro atoms. The summed E-state index contributed by atoms with van der Waals surface area (Å²) >= 11 is 0. The number of hydrogen-bond donors (Lipinski definition) is 2. The molecule has 1 saturated carbocycles. The number of nitrogens with zero attached hydrogens (tertiary/aromatic N) is 4. The van der Waals surface area contributed by atoms with Crippen LogP contribution in [0.1, 0.15) is 40.4 Å². The lowest BCUT2D eigenvalue weighted by molar-refractivity contribution is 0.102. The van der Waals surface area contributed by atoms with Gasteiger partial charge in [-0.3, -0.25) is 9.89 Å². The van der Waals surface area contributed by atoms with Crippen molar-refractivity contribution in [2.24, 2.45) is 0 Å². The van der Waals surface area contributed by atoms with Gasteiger partial charge in [0.2, 0.25) is 0 Å². The molecular weight excluding hydrogens is 356 g/mol. The number of hydrogen-bond acceptors (Lipinski definition) is 6. The third-order valence-electron chi connectivity index (χ3n) is 4.80. The molecule has 0 radical (unpaired) electrons. The van der Waals surface area contributed by atoms with Gasteiger partial charge in [-0.05, 0) is 48.6 Å². The molecule has 0 atom stereocenters. The number of benzene rings is 1. The summed E-state index contributed by atoms with van der Waals surface area (Å²) in [5, 5.41) is 23.8. The molecule has 1 aromatic carbocycles. The Morgan fingerprint density at radius 2 is 2.18 bits per heavy atom. The van der Waals surface area contributed by atoms with E-state index < -0.39 is 0 Å². The third-order valence-corrected chi connectivity index (χ3v) is 4.80. The highest BCUT2D eigenvalue weighted by molar-refractivity contribution is 6.05. The van der Waals surface area contributed by atoms with Gasteiger partial charge in [-0.1, -0.05) is 5.16 Å². The fraction of sp³-hybridized carbons (Fsp3) is 0.150. The number of fused-ring (bicyclic) bond motifs is 1. The molecule has 3 aromatic heterocycles. The number of pyridine rings is 1. The van der Waals surface area contributed by atoms with Crippen LogP contribution >= 0.6 is 0 Å². The molecule has 1 aliphatic rings. The number of nitriles is 1. The Balaban J connectivity index is 1.48. The molecule has 0 aliphatic heterocycles. The zero-order valence-electron chi connectivity index (χ0n) is 14.6. The van der Waals surface area contributed by atoms with Gasteiger partial charge >= 0.3 is 0 Å². The van der Waals surface area contributed by atoms with Crippen LogP contribution in [0.15, 0.2) is 47.4 Å². The van der Waals surface area contributed by atoms with Gasteiger partial charge in [-0.15, -0.1) is 0 Å². The predicted molar refractivity (Wildman–Crippen MR) is 100 cm³/mol. The van der Waals surface area contributed by atoms with Crippen molar-refractivity contribution in [1.82, 2.24) is 20.3 Å². The molecule has 1 fully saturated rings. The quantitative estimate of drug-likeness (QED) is 0.566. The zero-order chi connectivity index (χ0) is 19.1. The van der Waals surface area contributed by atoms with E-state index in [9.17, 15) is 4.79 Å². The summed E-state index contributed by atoms with van der Waals surface area (Å²) in [6.07, 6.45) is 6.57. The molecule has 0 bridgehead atoms. The number of aromatic nitrogens is 4. The highest BCUT2D eigenvalue weighted by Crippen LogP contribution is 2.41. The van der Waals surface area contributed by atoms with Crippen LogP contribution in [0.2, 0.25) is 0 Å². The Bertz CT molecular complexity index is 1230. The number of amides is 1. The van der Waals surface area contributed by atoms with Gasteiger partial charge in [0.05, 0.1) is 22.8 Å². The molecule has 0 unspecified atom stereocenters. The average molecular weight is 370 g/mol. The van der Waals surface area contributed by atoms with Crippen LogP contribution in [-0.4, -0.2) is 26.2 Å². The maximum atomic E-state index is 12.8. The van der Waals surface area contributed by atoms with E-state index in [2.05, 4.69) is 31.7 Å². The molecule has 0 saturated heterocycles. The van der Waals surface area contributed by atoms with E-state index in [1.807, 2.05) is 12.1 Å². The maximum absolute atomic E-state index is 12.8. The van der Waals surface area contributed by atoms with E-state index in [0.717, 1.165) is 34.9 Å². The van der Waals surface area contributed by atoms with Gasteiger partial charge in [0.1, 0.15) is 23.7 Å². The van der Waals surface area contributed by atoms with Crippen LogP contribution in [0.5, 0.6) is 0 Å².